The predicted molar refractivity (Wildman–Crippen MR) is 84.7 cm³/mol. The van der Waals surface area contributed by atoms with E-state index >= 15 is 0 Å². The van der Waals surface area contributed by atoms with E-state index in [0.717, 1.165) is 0 Å². The smallest absolute Gasteiger partial charge is 0.342 e. The number of methoxy groups -OCH3 is 1. The van der Waals surface area contributed by atoms with Crippen LogP contribution in [0.15, 0.2) is 18.2 Å². The molecule has 7 heteroatoms. The lowest BCUT2D eigenvalue weighted by Gasteiger charge is -2.12. The van der Waals surface area contributed by atoms with Gasteiger partial charge in [0.15, 0.2) is 0 Å². The number of aromatic nitrogens is 2. The number of hydrogen-bond donors (Lipinski definition) is 0. The number of esters is 1. The van der Waals surface area contributed by atoms with Crippen LogP contribution in [-0.4, -0.2) is 29.7 Å². The molecule has 1 heterocycles. The van der Waals surface area contributed by atoms with Crippen LogP contribution in [0.3, 0.4) is 0 Å². The zero-order valence-electron chi connectivity index (χ0n) is 12.3. The van der Waals surface area contributed by atoms with Crippen LogP contribution >= 0.6 is 23.2 Å². The normalized spacial score (nSPS) is 10.4. The van der Waals surface area contributed by atoms with Crippen molar-refractivity contribution in [2.45, 2.75) is 13.8 Å². The van der Waals surface area contributed by atoms with Crippen molar-refractivity contribution in [3.8, 4) is 17.3 Å². The van der Waals surface area contributed by atoms with E-state index in [-0.39, 0.29) is 18.2 Å². The molecule has 1 aromatic heterocycles. The van der Waals surface area contributed by atoms with Crippen LogP contribution in [-0.2, 0) is 4.74 Å². The Bertz CT molecular complexity index is 720. The van der Waals surface area contributed by atoms with Gasteiger partial charge in [0.25, 0.3) is 0 Å². The molecule has 1 aromatic carbocycles. The van der Waals surface area contributed by atoms with Crippen LogP contribution in [0.25, 0.3) is 11.3 Å². The number of carbonyl (C=O) groups is 1. The average molecular weight is 341 g/mol. The van der Waals surface area contributed by atoms with Crippen LogP contribution in [0.1, 0.15) is 23.0 Å². The molecule has 0 aliphatic rings. The zero-order chi connectivity index (χ0) is 16.3. The summed E-state index contributed by atoms with van der Waals surface area (Å²) in [6.45, 7) is 3.68. The van der Waals surface area contributed by atoms with Crippen LogP contribution in [0, 0.1) is 6.92 Å². The number of halogens is 2. The van der Waals surface area contributed by atoms with Crippen LogP contribution < -0.4 is 4.74 Å². The molecule has 22 heavy (non-hydrogen) atoms. The van der Waals surface area contributed by atoms with Crippen molar-refractivity contribution >= 4 is 29.2 Å². The van der Waals surface area contributed by atoms with Crippen LogP contribution in [0.5, 0.6) is 6.01 Å². The second-order valence-electron chi connectivity index (χ2n) is 4.37. The van der Waals surface area contributed by atoms with Gasteiger partial charge in [-0.1, -0.05) is 29.3 Å². The molecule has 0 aliphatic carbocycles. The Balaban J connectivity index is 2.67. The summed E-state index contributed by atoms with van der Waals surface area (Å²) in [5, 5.41) is 0.782. The summed E-state index contributed by atoms with van der Waals surface area (Å²) in [7, 11) is 1.46. The number of hydrogen-bond acceptors (Lipinski definition) is 5. The fourth-order valence-electron chi connectivity index (χ4n) is 1.94. The third-order valence-electron chi connectivity index (χ3n) is 2.92. The van der Waals surface area contributed by atoms with Gasteiger partial charge >= 0.3 is 12.0 Å². The largest absolute Gasteiger partial charge is 0.467 e. The SMILES string of the molecule is CCOC(=O)c1c(C)nc(OC)nc1-c1ccc(Cl)c(Cl)c1. The second kappa shape index (κ2) is 6.94. The fourth-order valence-corrected chi connectivity index (χ4v) is 2.24. The van der Waals surface area contributed by atoms with Crippen LogP contribution in [0.4, 0.5) is 0 Å². The number of aryl methyl sites for hydroxylation is 1. The molecule has 0 saturated heterocycles. The van der Waals surface area contributed by atoms with Gasteiger partial charge in [-0.25, -0.2) is 4.79 Å². The number of ether oxygens (including phenoxy) is 2. The van der Waals surface area contributed by atoms with E-state index in [2.05, 4.69) is 9.97 Å². The Morgan fingerprint density at radius 3 is 2.55 bits per heavy atom. The topological polar surface area (TPSA) is 61.3 Å². The van der Waals surface area contributed by atoms with Crippen molar-refractivity contribution in [3.05, 3.63) is 39.5 Å². The van der Waals surface area contributed by atoms with E-state index in [1.807, 2.05) is 0 Å². The highest BCUT2D eigenvalue weighted by atomic mass is 35.5. The van der Waals surface area contributed by atoms with E-state index in [1.54, 1.807) is 32.0 Å². The molecule has 0 radical (unpaired) electrons. The number of nitrogens with zero attached hydrogens (tertiary/aromatic N) is 2. The maximum Gasteiger partial charge on any atom is 0.342 e. The molecular formula is C15H14Cl2N2O3. The van der Waals surface area contributed by atoms with Gasteiger partial charge < -0.3 is 9.47 Å². The lowest BCUT2D eigenvalue weighted by Crippen LogP contribution is -2.12. The lowest BCUT2D eigenvalue weighted by atomic mass is 10.0. The first-order valence-electron chi connectivity index (χ1n) is 6.53. The van der Waals surface area contributed by atoms with E-state index in [9.17, 15) is 4.79 Å². The first-order valence-corrected chi connectivity index (χ1v) is 7.28. The standard InChI is InChI=1S/C15H14Cl2N2O3/c1-4-22-14(20)12-8(2)18-15(21-3)19-13(12)9-5-6-10(16)11(17)7-9/h5-7H,4H2,1-3H3. The van der Waals surface area contributed by atoms with E-state index in [1.165, 1.54) is 7.11 Å². The van der Waals surface area contributed by atoms with Crippen molar-refractivity contribution in [3.63, 3.8) is 0 Å². The van der Waals surface area contributed by atoms with Gasteiger partial charge in [0.05, 0.1) is 35.1 Å². The second-order valence-corrected chi connectivity index (χ2v) is 5.18. The van der Waals surface area contributed by atoms with Crippen molar-refractivity contribution in [1.82, 2.24) is 9.97 Å². The van der Waals surface area contributed by atoms with Crippen molar-refractivity contribution < 1.29 is 14.3 Å². The zero-order valence-corrected chi connectivity index (χ0v) is 13.8. The maximum atomic E-state index is 12.2. The molecular weight excluding hydrogens is 327 g/mol. The summed E-state index contributed by atoms with van der Waals surface area (Å²) in [4.78, 5) is 20.6. The van der Waals surface area contributed by atoms with Gasteiger partial charge in [-0.05, 0) is 26.0 Å². The molecule has 0 bridgehead atoms. The van der Waals surface area contributed by atoms with Gasteiger partial charge in [0.2, 0.25) is 0 Å². The molecule has 0 amide bonds. The molecule has 0 saturated carbocycles. The summed E-state index contributed by atoms with van der Waals surface area (Å²) < 4.78 is 10.2. The Labute approximate surface area is 138 Å². The minimum absolute atomic E-state index is 0.159. The summed E-state index contributed by atoms with van der Waals surface area (Å²) in [5.74, 6) is -0.497. The van der Waals surface area contributed by atoms with Gasteiger partial charge in [0, 0.05) is 5.56 Å². The molecule has 0 unspecified atom stereocenters. The minimum atomic E-state index is -0.497. The summed E-state index contributed by atoms with van der Waals surface area (Å²) >= 11 is 12.0. The monoisotopic (exact) mass is 340 g/mol. The Hall–Kier alpha value is -1.85. The Kier molecular flexibility index (Phi) is 5.21. The predicted octanol–water partition coefficient (Wildman–Crippen LogP) is 3.94. The summed E-state index contributed by atoms with van der Waals surface area (Å²) in [6, 6.07) is 5.15. The molecule has 2 aromatic rings. The van der Waals surface area contributed by atoms with Crippen molar-refractivity contribution in [2.75, 3.05) is 13.7 Å². The quantitative estimate of drug-likeness (QED) is 0.788. The molecule has 5 nitrogen and oxygen atoms in total. The minimum Gasteiger partial charge on any atom is -0.467 e. The Morgan fingerprint density at radius 2 is 1.95 bits per heavy atom. The van der Waals surface area contributed by atoms with Gasteiger partial charge in [-0.15, -0.1) is 0 Å². The molecule has 2 rings (SSSR count). The third-order valence-corrected chi connectivity index (χ3v) is 3.66. The lowest BCUT2D eigenvalue weighted by molar-refractivity contribution is 0.0525. The average Bonchev–Trinajstić information content (AvgIpc) is 2.49. The number of carbonyl (C=O) groups excluding carboxylic acids is 1. The highest BCUT2D eigenvalue weighted by Gasteiger charge is 2.21. The van der Waals surface area contributed by atoms with Gasteiger partial charge in [-0.3, -0.25) is 0 Å². The molecule has 116 valence electrons. The van der Waals surface area contributed by atoms with E-state index in [0.29, 0.717) is 27.0 Å². The highest BCUT2D eigenvalue weighted by molar-refractivity contribution is 6.42. The van der Waals surface area contributed by atoms with E-state index < -0.39 is 5.97 Å². The van der Waals surface area contributed by atoms with Gasteiger partial charge in [-0.2, -0.15) is 9.97 Å². The molecule has 0 atom stereocenters. The number of benzene rings is 1. The van der Waals surface area contributed by atoms with E-state index in [4.69, 9.17) is 32.7 Å². The third kappa shape index (κ3) is 3.31. The molecule has 0 N–H and O–H groups in total. The molecule has 0 aliphatic heterocycles. The van der Waals surface area contributed by atoms with Crippen molar-refractivity contribution in [2.24, 2.45) is 0 Å². The first kappa shape index (κ1) is 16.5. The molecule has 0 spiro atoms. The summed E-state index contributed by atoms with van der Waals surface area (Å²) in [6.07, 6.45) is 0. The van der Waals surface area contributed by atoms with Crippen molar-refractivity contribution in [1.29, 1.82) is 0 Å². The number of rotatable bonds is 4. The molecule has 0 fully saturated rings. The maximum absolute atomic E-state index is 12.2. The van der Waals surface area contributed by atoms with Gasteiger partial charge in [0.1, 0.15) is 5.56 Å². The first-order chi connectivity index (χ1) is 10.5. The summed E-state index contributed by atoms with van der Waals surface area (Å²) in [5.41, 5.74) is 1.76. The fraction of sp³-hybridized carbons (Fsp3) is 0.267. The van der Waals surface area contributed by atoms with Crippen LogP contribution in [0.2, 0.25) is 10.0 Å². The highest BCUT2D eigenvalue weighted by Crippen LogP contribution is 2.31. The Morgan fingerprint density at radius 1 is 1.23 bits per heavy atom.